The third kappa shape index (κ3) is 3.39. The zero-order chi connectivity index (χ0) is 17.4. The first kappa shape index (κ1) is 17.5. The van der Waals surface area contributed by atoms with E-state index >= 15 is 0 Å². The summed E-state index contributed by atoms with van der Waals surface area (Å²) in [5, 5.41) is 3.67. The number of hydrogen-bond acceptors (Lipinski definition) is 5. The lowest BCUT2D eigenvalue weighted by Gasteiger charge is -2.30. The number of quaternary nitrogens is 1. The topological polar surface area (TPSA) is 86.3 Å². The van der Waals surface area contributed by atoms with Crippen LogP contribution in [-0.4, -0.2) is 33.0 Å². The lowest BCUT2D eigenvalue weighted by atomic mass is 10.2. The molecule has 0 aliphatic rings. The van der Waals surface area contributed by atoms with E-state index in [1.807, 2.05) is 0 Å². The average molecular weight is 362 g/mol. The monoisotopic (exact) mass is 362 g/mol. The van der Waals surface area contributed by atoms with E-state index in [4.69, 9.17) is 0 Å². The van der Waals surface area contributed by atoms with Gasteiger partial charge in [0.05, 0.1) is 19.8 Å². The lowest BCUT2D eigenvalue weighted by molar-refractivity contribution is 0.102. The normalized spacial score (nSPS) is 12.2. The molecule has 1 heterocycles. The summed E-state index contributed by atoms with van der Waals surface area (Å²) in [7, 11) is -2.53. The number of anilines is 1. The largest absolute Gasteiger partial charge is 0.701 e. The Morgan fingerprint density at radius 2 is 1.91 bits per heavy atom. The number of hydrogen-bond donors (Lipinski definition) is 1. The van der Waals surface area contributed by atoms with Gasteiger partial charge >= 0.3 is 0 Å². The van der Waals surface area contributed by atoms with Crippen molar-refractivity contribution in [1.82, 2.24) is 3.89 Å². The van der Waals surface area contributed by atoms with Gasteiger partial charge in [0.1, 0.15) is 11.6 Å². The quantitative estimate of drug-likeness (QED) is 0.668. The molecule has 0 aliphatic carbocycles. The average Bonchev–Trinajstić information content (AvgIpc) is 2.90. The van der Waals surface area contributed by atoms with Gasteiger partial charge in [-0.05, 0) is 17.5 Å². The van der Waals surface area contributed by atoms with Crippen molar-refractivity contribution in [2.45, 2.75) is 0 Å². The van der Waals surface area contributed by atoms with Crippen LogP contribution in [0.2, 0.25) is 0 Å². The molecule has 1 amide bonds. The van der Waals surface area contributed by atoms with Crippen LogP contribution in [0.3, 0.4) is 0 Å². The van der Waals surface area contributed by atoms with Gasteiger partial charge in [-0.3, -0.25) is 4.79 Å². The molecule has 0 radical (unpaired) electrons. The van der Waals surface area contributed by atoms with Crippen LogP contribution in [0, 0.1) is 11.6 Å². The molecule has 2 aromatic rings. The number of thiophene rings is 1. The Labute approximate surface area is 135 Å². The van der Waals surface area contributed by atoms with E-state index < -0.39 is 31.7 Å². The summed E-state index contributed by atoms with van der Waals surface area (Å²) in [6, 6.07) is 3.94. The maximum Gasteiger partial charge on any atom is 0.272 e. The summed E-state index contributed by atoms with van der Waals surface area (Å²) in [6.45, 7) is 0. The van der Waals surface area contributed by atoms with Crippen LogP contribution >= 0.6 is 11.3 Å². The molecule has 23 heavy (non-hydrogen) atoms. The second-order valence-corrected chi connectivity index (χ2v) is 7.68. The number of nitrogens with zero attached hydrogens (tertiary/aromatic N) is 1. The predicted molar refractivity (Wildman–Crippen MR) is 82.0 cm³/mol. The number of rotatable bonds is 4. The molecule has 1 aromatic heterocycles. The van der Waals surface area contributed by atoms with Crippen LogP contribution < -0.4 is 9.21 Å². The second kappa shape index (κ2) is 5.96. The molecule has 6 nitrogen and oxygen atoms in total. The summed E-state index contributed by atoms with van der Waals surface area (Å²) >= 11 is 0.901. The van der Waals surface area contributed by atoms with Crippen LogP contribution in [0.15, 0.2) is 29.6 Å². The molecule has 0 saturated heterocycles. The van der Waals surface area contributed by atoms with Gasteiger partial charge in [-0.2, -0.15) is 12.3 Å². The van der Waals surface area contributed by atoms with Crippen LogP contribution in [0.5, 0.6) is 0 Å². The fourth-order valence-corrected chi connectivity index (χ4v) is 3.15. The molecular formula is C13H12F2N2O4S2. The van der Waals surface area contributed by atoms with Crippen molar-refractivity contribution in [2.24, 2.45) is 0 Å². The first-order valence-corrected chi connectivity index (χ1v) is 8.43. The van der Waals surface area contributed by atoms with E-state index in [0.29, 0.717) is 6.07 Å². The summed E-state index contributed by atoms with van der Waals surface area (Å²) in [5.41, 5.74) is -0.295. The van der Waals surface area contributed by atoms with Gasteiger partial charge in [0.2, 0.25) is 0 Å². The summed E-state index contributed by atoms with van der Waals surface area (Å²) in [5.74, 6) is -2.57. The molecule has 124 valence electrons. The van der Waals surface area contributed by atoms with Gasteiger partial charge in [0.15, 0.2) is 10.6 Å². The Hall–Kier alpha value is -1.88. The molecule has 2 rings (SSSR count). The first-order valence-electron chi connectivity index (χ1n) is 6.18. The molecule has 0 bridgehead atoms. The Morgan fingerprint density at radius 1 is 1.26 bits per heavy atom. The smallest absolute Gasteiger partial charge is 0.272 e. The molecule has 0 fully saturated rings. The van der Waals surface area contributed by atoms with Gasteiger partial charge in [0, 0.05) is 12.1 Å². The Balaban J connectivity index is 2.37. The van der Waals surface area contributed by atoms with Crippen LogP contribution in [0.1, 0.15) is 9.67 Å². The maximum absolute atomic E-state index is 13.6. The molecule has 0 aliphatic heterocycles. The molecule has 0 atom stereocenters. The summed E-state index contributed by atoms with van der Waals surface area (Å²) < 4.78 is 59.4. The fourth-order valence-electron chi connectivity index (χ4n) is 1.79. The lowest BCUT2D eigenvalue weighted by Crippen LogP contribution is -2.46. The van der Waals surface area contributed by atoms with E-state index in [9.17, 15) is 26.5 Å². The highest BCUT2D eigenvalue weighted by atomic mass is 32.2. The number of benzene rings is 1. The minimum absolute atomic E-state index is 0.0370. The van der Waals surface area contributed by atoms with Crippen LogP contribution in [0.4, 0.5) is 20.2 Å². The van der Waals surface area contributed by atoms with Gasteiger partial charge in [-0.25, -0.2) is 8.78 Å². The molecule has 0 unspecified atom stereocenters. The van der Waals surface area contributed by atoms with Gasteiger partial charge < -0.3 is 9.87 Å². The third-order valence-corrected chi connectivity index (χ3v) is 5.39. The van der Waals surface area contributed by atoms with E-state index in [0.717, 1.165) is 37.6 Å². The third-order valence-electron chi connectivity index (χ3n) is 3.17. The highest BCUT2D eigenvalue weighted by molar-refractivity contribution is 7.85. The molecular weight excluding hydrogens is 350 g/mol. The maximum atomic E-state index is 13.6. The molecule has 1 aromatic carbocycles. The highest BCUT2D eigenvalue weighted by Crippen LogP contribution is 2.32. The molecule has 0 spiro atoms. The molecule has 1 N–H and O–H groups in total. The van der Waals surface area contributed by atoms with Gasteiger partial charge in [0.25, 0.3) is 16.2 Å². The number of amides is 1. The Bertz CT molecular complexity index is 863. The second-order valence-electron chi connectivity index (χ2n) is 4.99. The van der Waals surface area contributed by atoms with Gasteiger partial charge in [-0.15, -0.1) is 11.3 Å². The van der Waals surface area contributed by atoms with E-state index in [1.165, 1.54) is 11.4 Å². The van der Waals surface area contributed by atoms with Crippen molar-refractivity contribution in [3.8, 4) is 0 Å². The van der Waals surface area contributed by atoms with Crippen molar-refractivity contribution in [1.29, 1.82) is 0 Å². The van der Waals surface area contributed by atoms with Crippen LogP contribution in [-0.2, 0) is 10.3 Å². The minimum Gasteiger partial charge on any atom is -0.701 e. The van der Waals surface area contributed by atoms with Crippen molar-refractivity contribution >= 4 is 38.9 Å². The van der Waals surface area contributed by atoms with Crippen LogP contribution in [0.25, 0.3) is 0 Å². The number of nitrogens with one attached hydrogen (secondary N) is 1. The Kier molecular flexibility index (Phi) is 4.53. The van der Waals surface area contributed by atoms with Crippen molar-refractivity contribution in [2.75, 3.05) is 19.4 Å². The van der Waals surface area contributed by atoms with E-state index in [-0.39, 0.29) is 16.3 Å². The first-order chi connectivity index (χ1) is 10.5. The van der Waals surface area contributed by atoms with E-state index in [2.05, 4.69) is 5.32 Å². The zero-order valence-electron chi connectivity index (χ0n) is 12.0. The predicted octanol–water partition coefficient (Wildman–Crippen LogP) is 2.31. The summed E-state index contributed by atoms with van der Waals surface area (Å²) in [6.07, 6.45) is 0. The van der Waals surface area contributed by atoms with E-state index in [1.54, 1.807) is 0 Å². The van der Waals surface area contributed by atoms with Crippen molar-refractivity contribution in [3.63, 3.8) is 0 Å². The standard InChI is InChI=1S/C13H12F2N2O4S2/c1-17(2,23(19,20)21)11-5-6-22-12(11)13(18)16-10-4-3-8(14)7-9(10)15/h3-7H,1-2H3,(H-,16,18,19,20,21). The SMILES string of the molecule is C[N+](C)(c1ccsc1C(=O)Nc1ccc(F)cc1F)S(=O)(=O)[O-]. The zero-order valence-corrected chi connectivity index (χ0v) is 13.7. The van der Waals surface area contributed by atoms with Crippen molar-refractivity contribution < 1.29 is 26.5 Å². The number of carbonyl (C=O) groups excluding carboxylic acids is 1. The fraction of sp³-hybridized carbons (Fsp3) is 0.154. The molecule has 10 heteroatoms. The van der Waals surface area contributed by atoms with Crippen molar-refractivity contribution in [3.05, 3.63) is 46.2 Å². The highest BCUT2D eigenvalue weighted by Gasteiger charge is 2.33. The number of halogens is 2. The van der Waals surface area contributed by atoms with Gasteiger partial charge in [-0.1, -0.05) is 0 Å². The summed E-state index contributed by atoms with van der Waals surface area (Å²) in [4.78, 5) is 12.2. The number of carbonyl (C=O) groups is 1. The minimum atomic E-state index is -4.78. The molecule has 0 saturated carbocycles. The Morgan fingerprint density at radius 3 is 2.48 bits per heavy atom.